The van der Waals surface area contributed by atoms with Gasteiger partial charge in [-0.15, -0.1) is 0 Å². The van der Waals surface area contributed by atoms with Crippen LogP contribution in [0.25, 0.3) is 0 Å². The molecule has 0 aromatic heterocycles. The third kappa shape index (κ3) is 10.1. The molecule has 0 aliphatic heterocycles. The van der Waals surface area contributed by atoms with Crippen molar-refractivity contribution in [3.8, 4) is 0 Å². The van der Waals surface area contributed by atoms with E-state index in [1.54, 1.807) is 0 Å². The Morgan fingerprint density at radius 1 is 1.17 bits per heavy atom. The van der Waals surface area contributed by atoms with Gasteiger partial charge in [-0.1, -0.05) is 46.0 Å². The highest BCUT2D eigenvalue weighted by Crippen LogP contribution is 2.28. The van der Waals surface area contributed by atoms with Crippen LogP contribution < -0.4 is 5.73 Å². The predicted molar refractivity (Wildman–Crippen MR) is 84.3 cm³/mol. The van der Waals surface area contributed by atoms with E-state index in [9.17, 15) is 23.4 Å². The van der Waals surface area contributed by atoms with Gasteiger partial charge in [0.05, 0.1) is 12.2 Å². The number of nitrogens with two attached hydrogens (primary N) is 1. The second kappa shape index (κ2) is 10.9. The molecule has 3 atom stereocenters. The fourth-order valence-electron chi connectivity index (χ4n) is 2.85. The van der Waals surface area contributed by atoms with Crippen molar-refractivity contribution in [2.75, 3.05) is 0 Å². The summed E-state index contributed by atoms with van der Waals surface area (Å²) in [6.45, 7) is 4.09. The van der Waals surface area contributed by atoms with Gasteiger partial charge in [0, 0.05) is 6.04 Å². The molecule has 1 saturated carbocycles. The summed E-state index contributed by atoms with van der Waals surface area (Å²) in [6, 6.07) is -0.271. The molecule has 0 radical (unpaired) electrons. The molecular formula is C16H30F3NO4. The lowest BCUT2D eigenvalue weighted by Gasteiger charge is -2.29. The third-order valence-electron chi connectivity index (χ3n) is 4.12. The number of alkyl halides is 3. The predicted octanol–water partition coefficient (Wildman–Crippen LogP) is 2.69. The number of hydrogen-bond acceptors (Lipinski definition) is 4. The molecule has 5 N–H and O–H groups in total. The van der Waals surface area contributed by atoms with Crippen LogP contribution in [0.4, 0.5) is 13.2 Å². The molecule has 0 heterocycles. The van der Waals surface area contributed by atoms with Gasteiger partial charge < -0.3 is 21.1 Å². The Hall–Kier alpha value is -0.860. The van der Waals surface area contributed by atoms with Crippen molar-refractivity contribution >= 4 is 5.97 Å². The summed E-state index contributed by atoms with van der Waals surface area (Å²) < 4.78 is 31.7. The molecule has 0 saturated heterocycles. The van der Waals surface area contributed by atoms with Crippen LogP contribution in [0.2, 0.25) is 0 Å². The summed E-state index contributed by atoms with van der Waals surface area (Å²) in [5, 5.41) is 27.0. The summed E-state index contributed by atoms with van der Waals surface area (Å²) in [5.74, 6) is -1.71. The zero-order chi connectivity index (χ0) is 18.9. The fraction of sp³-hybridized carbons (Fsp3) is 0.938. The number of carbonyl (C=O) groups is 1. The van der Waals surface area contributed by atoms with Crippen molar-refractivity contribution in [1.29, 1.82) is 0 Å². The minimum atomic E-state index is -5.08. The molecular weight excluding hydrogens is 327 g/mol. The maximum atomic E-state index is 10.6. The summed E-state index contributed by atoms with van der Waals surface area (Å²) >= 11 is 0. The van der Waals surface area contributed by atoms with Gasteiger partial charge in [-0.25, -0.2) is 4.79 Å². The molecule has 0 aromatic carbocycles. The first-order valence-electron chi connectivity index (χ1n) is 8.37. The van der Waals surface area contributed by atoms with Gasteiger partial charge in [0.2, 0.25) is 0 Å². The van der Waals surface area contributed by atoms with E-state index in [0.29, 0.717) is 18.3 Å². The van der Waals surface area contributed by atoms with Gasteiger partial charge in [-0.05, 0) is 24.7 Å². The maximum Gasteiger partial charge on any atom is 0.490 e. The number of aliphatic hydroxyl groups excluding tert-OH is 2. The molecule has 8 heteroatoms. The highest BCUT2D eigenvalue weighted by molar-refractivity contribution is 5.73. The first kappa shape index (κ1) is 23.1. The van der Waals surface area contributed by atoms with Crippen LogP contribution in [0, 0.1) is 11.8 Å². The van der Waals surface area contributed by atoms with Crippen molar-refractivity contribution in [2.45, 2.75) is 83.2 Å². The smallest absolute Gasteiger partial charge is 0.475 e. The van der Waals surface area contributed by atoms with Gasteiger partial charge in [0.25, 0.3) is 0 Å². The van der Waals surface area contributed by atoms with Crippen molar-refractivity contribution in [3.05, 3.63) is 0 Å². The van der Waals surface area contributed by atoms with Gasteiger partial charge in [-0.3, -0.25) is 0 Å². The first-order valence-corrected chi connectivity index (χ1v) is 8.37. The Morgan fingerprint density at radius 3 is 2.00 bits per heavy atom. The monoisotopic (exact) mass is 357 g/mol. The Kier molecular flexibility index (Phi) is 10.5. The molecule has 144 valence electrons. The lowest BCUT2D eigenvalue weighted by Crippen LogP contribution is -2.44. The number of aliphatic hydroxyl groups is 2. The highest BCUT2D eigenvalue weighted by Gasteiger charge is 2.38. The number of carboxylic acids is 1. The normalized spacial score (nSPS) is 20.0. The summed E-state index contributed by atoms with van der Waals surface area (Å²) in [4.78, 5) is 8.90. The zero-order valence-corrected chi connectivity index (χ0v) is 14.3. The van der Waals surface area contributed by atoms with Crippen LogP contribution in [-0.2, 0) is 4.79 Å². The lowest BCUT2D eigenvalue weighted by atomic mass is 9.83. The van der Waals surface area contributed by atoms with E-state index in [1.807, 2.05) is 13.8 Å². The van der Waals surface area contributed by atoms with Crippen LogP contribution in [-0.4, -0.2) is 45.7 Å². The Morgan fingerprint density at radius 2 is 1.62 bits per heavy atom. The zero-order valence-electron chi connectivity index (χ0n) is 14.3. The Bertz CT molecular complexity index is 358. The van der Waals surface area contributed by atoms with E-state index in [1.165, 1.54) is 32.1 Å². The number of hydrogen-bond donors (Lipinski definition) is 4. The van der Waals surface area contributed by atoms with Crippen LogP contribution in [0.3, 0.4) is 0 Å². The van der Waals surface area contributed by atoms with Crippen LogP contribution in [0.1, 0.15) is 58.8 Å². The minimum absolute atomic E-state index is 0.271. The number of rotatable bonds is 6. The largest absolute Gasteiger partial charge is 0.490 e. The first-order chi connectivity index (χ1) is 10.9. The van der Waals surface area contributed by atoms with Crippen molar-refractivity contribution < 1.29 is 33.3 Å². The second-order valence-electron chi connectivity index (χ2n) is 6.89. The average Bonchev–Trinajstić information content (AvgIpc) is 2.46. The fourth-order valence-corrected chi connectivity index (χ4v) is 2.85. The molecule has 5 nitrogen and oxygen atoms in total. The van der Waals surface area contributed by atoms with Gasteiger partial charge >= 0.3 is 12.1 Å². The number of carboxylic acid groups (broad SMARTS) is 1. The second-order valence-corrected chi connectivity index (χ2v) is 6.89. The molecule has 24 heavy (non-hydrogen) atoms. The molecule has 1 fully saturated rings. The van der Waals surface area contributed by atoms with Crippen LogP contribution >= 0.6 is 0 Å². The quantitative estimate of drug-likeness (QED) is 0.585. The molecule has 0 unspecified atom stereocenters. The lowest BCUT2D eigenvalue weighted by molar-refractivity contribution is -0.192. The van der Waals surface area contributed by atoms with E-state index in [-0.39, 0.29) is 6.04 Å². The van der Waals surface area contributed by atoms with E-state index in [0.717, 1.165) is 6.42 Å². The van der Waals surface area contributed by atoms with E-state index < -0.39 is 24.4 Å². The molecule has 0 amide bonds. The maximum absolute atomic E-state index is 10.6. The van der Waals surface area contributed by atoms with Gasteiger partial charge in [0.15, 0.2) is 0 Å². The summed E-state index contributed by atoms with van der Waals surface area (Å²) in [6.07, 6.45) is 1.36. The highest BCUT2D eigenvalue weighted by atomic mass is 19.4. The number of halogens is 3. The Labute approximate surface area is 141 Å². The molecule has 1 rings (SSSR count). The molecule has 1 aliphatic carbocycles. The third-order valence-corrected chi connectivity index (χ3v) is 4.12. The van der Waals surface area contributed by atoms with E-state index >= 15 is 0 Å². The molecule has 1 aliphatic rings. The molecule has 0 spiro atoms. The SMILES string of the molecule is CC(C)C[C@H](O)[C@H](O)[C@@H](N)CC1CCCCC1.O=C(O)C(F)(F)F. The number of aliphatic carboxylic acids is 1. The van der Waals surface area contributed by atoms with Crippen LogP contribution in [0.5, 0.6) is 0 Å². The molecule has 0 aromatic rings. The van der Waals surface area contributed by atoms with Crippen molar-refractivity contribution in [1.82, 2.24) is 0 Å². The minimum Gasteiger partial charge on any atom is -0.475 e. The van der Waals surface area contributed by atoms with E-state index in [2.05, 4.69) is 0 Å². The molecule has 0 bridgehead atoms. The summed E-state index contributed by atoms with van der Waals surface area (Å²) in [5.41, 5.74) is 6.01. The average molecular weight is 357 g/mol. The summed E-state index contributed by atoms with van der Waals surface area (Å²) in [7, 11) is 0. The van der Waals surface area contributed by atoms with Crippen molar-refractivity contribution in [2.24, 2.45) is 17.6 Å². The van der Waals surface area contributed by atoms with Gasteiger partial charge in [-0.2, -0.15) is 13.2 Å². The van der Waals surface area contributed by atoms with Gasteiger partial charge in [0.1, 0.15) is 0 Å². The van der Waals surface area contributed by atoms with E-state index in [4.69, 9.17) is 15.6 Å². The topological polar surface area (TPSA) is 104 Å². The van der Waals surface area contributed by atoms with Crippen molar-refractivity contribution in [3.63, 3.8) is 0 Å². The standard InChI is InChI=1S/C14H29NO2.C2HF3O2/c1-10(2)8-13(16)14(17)12(15)9-11-6-4-3-5-7-11;3-2(4,5)1(6)7/h10-14,16-17H,3-9,15H2,1-2H3;(H,6,7)/t12-,13-,14+;/m0./s1. The van der Waals surface area contributed by atoms with Crippen LogP contribution in [0.15, 0.2) is 0 Å². The Balaban J connectivity index is 0.000000640.